The van der Waals surface area contributed by atoms with E-state index in [-0.39, 0.29) is 5.56 Å². The van der Waals surface area contributed by atoms with E-state index in [0.29, 0.717) is 70.7 Å². The van der Waals surface area contributed by atoms with Crippen molar-refractivity contribution in [2.75, 3.05) is 20.3 Å². The molecule has 172 valence electrons. The molecular weight excluding hydrogens is 434 g/mol. The first-order chi connectivity index (χ1) is 16.6. The lowest BCUT2D eigenvalue weighted by atomic mass is 10.2. The second kappa shape index (κ2) is 9.03. The quantitative estimate of drug-likeness (QED) is 0.272. The number of methoxy groups -OCH3 is 1. The summed E-state index contributed by atoms with van der Waals surface area (Å²) in [5.74, 6) is -0.423. The maximum Gasteiger partial charge on any atom is 0.337 e. The van der Waals surface area contributed by atoms with Crippen molar-refractivity contribution in [1.82, 2.24) is 24.1 Å². The van der Waals surface area contributed by atoms with Gasteiger partial charge in [0.25, 0.3) is 5.56 Å². The summed E-state index contributed by atoms with van der Waals surface area (Å²) in [6.45, 7) is 3.63. The second-order valence-electron chi connectivity index (χ2n) is 7.75. The predicted molar refractivity (Wildman–Crippen MR) is 128 cm³/mol. The van der Waals surface area contributed by atoms with E-state index < -0.39 is 5.97 Å². The normalized spacial score (nSPS) is 11.5. The highest BCUT2D eigenvalue weighted by molar-refractivity contribution is 6.05. The lowest BCUT2D eigenvalue weighted by molar-refractivity contribution is 0.0600. The summed E-state index contributed by atoms with van der Waals surface area (Å²) >= 11 is 0. The summed E-state index contributed by atoms with van der Waals surface area (Å²) in [5.41, 5.74) is 3.83. The molecule has 9 nitrogen and oxygen atoms in total. The standard InChI is InChI=1S/C25H23N5O4/c1-3-34-14-6-13-29-15-26-22-20(24(29)31)21-23(28-19-8-5-4-7-18(19)27-21)30(22)17-11-9-16(10-12-17)25(32)33-2/h4-5,7-12,15H,3,6,13-14H2,1-2H3. The van der Waals surface area contributed by atoms with Crippen LogP contribution < -0.4 is 5.56 Å². The van der Waals surface area contributed by atoms with Gasteiger partial charge in [-0.1, -0.05) is 12.1 Å². The lowest BCUT2D eigenvalue weighted by Gasteiger charge is -2.08. The molecule has 0 amide bonds. The van der Waals surface area contributed by atoms with Gasteiger partial charge >= 0.3 is 5.97 Å². The van der Waals surface area contributed by atoms with Crippen molar-refractivity contribution >= 4 is 39.2 Å². The molecule has 5 rings (SSSR count). The number of hydrogen-bond acceptors (Lipinski definition) is 7. The molecule has 0 bridgehead atoms. The van der Waals surface area contributed by atoms with Crippen LogP contribution in [0.1, 0.15) is 23.7 Å². The monoisotopic (exact) mass is 457 g/mol. The molecule has 0 aliphatic heterocycles. The van der Waals surface area contributed by atoms with Gasteiger partial charge in [0.05, 0.1) is 30.0 Å². The molecule has 34 heavy (non-hydrogen) atoms. The highest BCUT2D eigenvalue weighted by atomic mass is 16.5. The first-order valence-electron chi connectivity index (χ1n) is 11.0. The van der Waals surface area contributed by atoms with Crippen LogP contribution in [0.25, 0.3) is 38.9 Å². The third-order valence-electron chi connectivity index (χ3n) is 5.67. The average Bonchev–Trinajstić information content (AvgIpc) is 3.19. The number of aromatic nitrogens is 5. The first-order valence-corrected chi connectivity index (χ1v) is 11.0. The van der Waals surface area contributed by atoms with Crippen LogP contribution in [0.5, 0.6) is 0 Å². The van der Waals surface area contributed by atoms with Gasteiger partial charge in [0, 0.05) is 25.4 Å². The molecule has 0 saturated heterocycles. The Kier molecular flexibility index (Phi) is 5.77. The minimum atomic E-state index is -0.423. The van der Waals surface area contributed by atoms with E-state index in [2.05, 4.69) is 4.98 Å². The number of benzene rings is 2. The largest absolute Gasteiger partial charge is 0.465 e. The van der Waals surface area contributed by atoms with Crippen molar-refractivity contribution in [2.24, 2.45) is 0 Å². The molecule has 3 aromatic heterocycles. The molecular formula is C25H23N5O4. The molecule has 0 N–H and O–H groups in total. The Bertz CT molecular complexity index is 1570. The number of carbonyl (C=O) groups is 1. The first kappa shape index (κ1) is 21.7. The predicted octanol–water partition coefficient (Wildman–Crippen LogP) is 3.50. The summed E-state index contributed by atoms with van der Waals surface area (Å²) in [4.78, 5) is 39.6. The number of fused-ring (bicyclic) bond motifs is 4. The van der Waals surface area contributed by atoms with E-state index in [1.807, 2.05) is 31.2 Å². The Morgan fingerprint density at radius 1 is 1.00 bits per heavy atom. The van der Waals surface area contributed by atoms with Crippen LogP contribution in [-0.4, -0.2) is 50.4 Å². The van der Waals surface area contributed by atoms with Crippen LogP contribution in [0, 0.1) is 0 Å². The van der Waals surface area contributed by atoms with Gasteiger partial charge in [-0.25, -0.2) is 19.7 Å². The third-order valence-corrected chi connectivity index (χ3v) is 5.67. The summed E-state index contributed by atoms with van der Waals surface area (Å²) in [6, 6.07) is 14.4. The van der Waals surface area contributed by atoms with Crippen LogP contribution in [0.2, 0.25) is 0 Å². The number of hydrogen-bond donors (Lipinski definition) is 0. The molecule has 0 aliphatic rings. The number of para-hydroxylation sites is 2. The summed E-state index contributed by atoms with van der Waals surface area (Å²) in [5, 5.41) is 0.407. The number of rotatable bonds is 7. The van der Waals surface area contributed by atoms with Crippen LogP contribution in [-0.2, 0) is 16.0 Å². The maximum absolute atomic E-state index is 13.5. The van der Waals surface area contributed by atoms with Crippen molar-refractivity contribution in [1.29, 1.82) is 0 Å². The molecule has 2 aromatic carbocycles. The third kappa shape index (κ3) is 3.69. The van der Waals surface area contributed by atoms with Crippen LogP contribution in [0.15, 0.2) is 59.7 Å². The lowest BCUT2D eigenvalue weighted by Crippen LogP contribution is -2.21. The Labute approximate surface area is 194 Å². The van der Waals surface area contributed by atoms with E-state index in [1.165, 1.54) is 7.11 Å². The molecule has 9 heteroatoms. The fraction of sp³-hybridized carbons (Fsp3) is 0.240. The Hall–Kier alpha value is -4.11. The fourth-order valence-electron chi connectivity index (χ4n) is 4.02. The molecule has 0 saturated carbocycles. The van der Waals surface area contributed by atoms with E-state index in [9.17, 15) is 9.59 Å². The average molecular weight is 457 g/mol. The number of esters is 1. The molecule has 0 spiro atoms. The molecule has 0 unspecified atom stereocenters. The van der Waals surface area contributed by atoms with E-state index >= 15 is 0 Å². The van der Waals surface area contributed by atoms with Crippen LogP contribution in [0.4, 0.5) is 0 Å². The molecule has 3 heterocycles. The molecule has 5 aromatic rings. The van der Waals surface area contributed by atoms with Gasteiger partial charge in [-0.05, 0) is 49.7 Å². The smallest absolute Gasteiger partial charge is 0.337 e. The van der Waals surface area contributed by atoms with Gasteiger partial charge in [-0.3, -0.25) is 13.9 Å². The van der Waals surface area contributed by atoms with E-state index in [4.69, 9.17) is 19.4 Å². The van der Waals surface area contributed by atoms with Crippen molar-refractivity contribution in [3.05, 3.63) is 70.8 Å². The minimum absolute atomic E-state index is 0.180. The highest BCUT2D eigenvalue weighted by Gasteiger charge is 2.21. The number of aryl methyl sites for hydroxylation is 1. The molecule has 0 fully saturated rings. The molecule has 0 radical (unpaired) electrons. The van der Waals surface area contributed by atoms with Crippen molar-refractivity contribution in [3.63, 3.8) is 0 Å². The van der Waals surface area contributed by atoms with E-state index in [1.54, 1.807) is 39.7 Å². The molecule has 0 atom stereocenters. The van der Waals surface area contributed by atoms with Crippen molar-refractivity contribution < 1.29 is 14.3 Å². The number of nitrogens with zero attached hydrogens (tertiary/aromatic N) is 5. The zero-order valence-corrected chi connectivity index (χ0v) is 18.9. The summed E-state index contributed by atoms with van der Waals surface area (Å²) in [7, 11) is 1.34. The number of ether oxygens (including phenoxy) is 2. The van der Waals surface area contributed by atoms with Gasteiger partial charge in [0.2, 0.25) is 0 Å². The SMILES string of the molecule is CCOCCCn1cnc2c(c1=O)c1nc3ccccc3nc1n2-c1ccc(C(=O)OC)cc1. The molecule has 0 aliphatic carbocycles. The number of carbonyl (C=O) groups excluding carboxylic acids is 1. The Morgan fingerprint density at radius 3 is 2.44 bits per heavy atom. The summed E-state index contributed by atoms with van der Waals surface area (Å²) in [6.07, 6.45) is 2.25. The van der Waals surface area contributed by atoms with Crippen LogP contribution >= 0.6 is 0 Å². The topological polar surface area (TPSA) is 101 Å². The van der Waals surface area contributed by atoms with Gasteiger partial charge in [0.15, 0.2) is 11.3 Å². The second-order valence-corrected chi connectivity index (χ2v) is 7.75. The highest BCUT2D eigenvalue weighted by Crippen LogP contribution is 2.28. The van der Waals surface area contributed by atoms with Crippen molar-refractivity contribution in [3.8, 4) is 5.69 Å². The zero-order valence-electron chi connectivity index (χ0n) is 18.9. The van der Waals surface area contributed by atoms with Gasteiger partial charge < -0.3 is 9.47 Å². The van der Waals surface area contributed by atoms with Gasteiger partial charge in [0.1, 0.15) is 10.9 Å². The zero-order chi connectivity index (χ0) is 23.7. The van der Waals surface area contributed by atoms with E-state index in [0.717, 1.165) is 0 Å². The van der Waals surface area contributed by atoms with Crippen molar-refractivity contribution in [2.45, 2.75) is 19.9 Å². The van der Waals surface area contributed by atoms with Gasteiger partial charge in [-0.2, -0.15) is 0 Å². The Balaban J connectivity index is 1.74. The maximum atomic E-state index is 13.5. The van der Waals surface area contributed by atoms with Crippen LogP contribution in [0.3, 0.4) is 0 Å². The van der Waals surface area contributed by atoms with Gasteiger partial charge in [-0.15, -0.1) is 0 Å². The Morgan fingerprint density at radius 2 is 1.74 bits per heavy atom. The fourth-order valence-corrected chi connectivity index (χ4v) is 4.02. The minimum Gasteiger partial charge on any atom is -0.465 e. The summed E-state index contributed by atoms with van der Waals surface area (Å²) < 4.78 is 13.6.